The van der Waals surface area contributed by atoms with Crippen LogP contribution in [0.1, 0.15) is 6.92 Å². The molecule has 0 amide bonds. The Balaban J connectivity index is -0.0000000275. The van der Waals surface area contributed by atoms with Crippen molar-refractivity contribution in [3.8, 4) is 0 Å². The third-order valence-corrected chi connectivity index (χ3v) is 0. The van der Waals surface area contributed by atoms with Crippen LogP contribution in [0.2, 0.25) is 0 Å². The van der Waals surface area contributed by atoms with E-state index in [4.69, 9.17) is 9.90 Å². The van der Waals surface area contributed by atoms with E-state index in [2.05, 4.69) is 6.79 Å². The third kappa shape index (κ3) is 469. The van der Waals surface area contributed by atoms with Crippen LogP contribution in [0.15, 0.2) is 0 Å². The van der Waals surface area contributed by atoms with E-state index in [-0.39, 0.29) is 27.7 Å². The van der Waals surface area contributed by atoms with Gasteiger partial charge in [-0.3, -0.25) is 6.79 Å². The monoisotopic (exact) mass is 259 g/mol. The van der Waals surface area contributed by atoms with E-state index >= 15 is 0 Å². The molecule has 6 heavy (non-hydrogen) atoms. The van der Waals surface area contributed by atoms with Gasteiger partial charge < -0.3 is 9.90 Å². The molecule has 0 atom stereocenters. The largest absolute Gasteiger partial charge is 0.545 e. The molecule has 0 aliphatic carbocycles. The summed E-state index contributed by atoms with van der Waals surface area (Å²) in [6, 6.07) is 0. The molecule has 0 heterocycles. The molecule has 0 bridgehead atoms. The standard InChI is InChI=1S/C2H6O.CHO.W/c1-2-3;1-2;/h3H,2H2,1H3;1H;/q;-1;. The minimum Gasteiger partial charge on any atom is -0.545 e. The van der Waals surface area contributed by atoms with Crippen LogP contribution >= 0.6 is 0 Å². The first-order chi connectivity index (χ1) is 2.41. The van der Waals surface area contributed by atoms with Crippen molar-refractivity contribution in [1.29, 1.82) is 0 Å². The number of aliphatic hydroxyl groups is 1. The summed E-state index contributed by atoms with van der Waals surface area (Å²) in [6.45, 7) is 5.18. The van der Waals surface area contributed by atoms with Gasteiger partial charge in [-0.15, -0.1) is 0 Å². The molecule has 0 aromatic carbocycles. The van der Waals surface area contributed by atoms with E-state index in [1.165, 1.54) is 0 Å². The van der Waals surface area contributed by atoms with Gasteiger partial charge in [-0.05, 0) is 6.92 Å². The Bertz CT molecular complexity index is 12.8. The normalized spacial score (nSPS) is 3.67. The second-order valence-electron chi connectivity index (χ2n) is 0.316. The fraction of sp³-hybridized carbons (Fsp3) is 0.667. The minimum absolute atomic E-state index is 0. The molecule has 3 heteroatoms. The molecule has 0 fully saturated rings. The molecule has 0 spiro atoms. The molecule has 0 radical (unpaired) electrons. The van der Waals surface area contributed by atoms with Crippen molar-refractivity contribution >= 4 is 6.79 Å². The van der Waals surface area contributed by atoms with Crippen molar-refractivity contribution in [3.63, 3.8) is 0 Å². The van der Waals surface area contributed by atoms with Crippen molar-refractivity contribution in [2.75, 3.05) is 6.61 Å². The molecule has 0 aromatic rings. The molecule has 2 nitrogen and oxygen atoms in total. The summed E-state index contributed by atoms with van der Waals surface area (Å²) in [5.41, 5.74) is 0. The molecular formula is C3H7O2W-. The number of carbonyl (C=O) groups excluding carboxylic acids is 1. The van der Waals surface area contributed by atoms with Crippen molar-refractivity contribution in [3.05, 3.63) is 0 Å². The summed E-state index contributed by atoms with van der Waals surface area (Å²) < 4.78 is 0. The van der Waals surface area contributed by atoms with Gasteiger partial charge in [0.2, 0.25) is 0 Å². The molecule has 0 aliphatic heterocycles. The molecule has 0 saturated heterocycles. The Kier molecular flexibility index (Phi) is 154. The predicted octanol–water partition coefficient (Wildman–Crippen LogP) is -0.278. The quantitative estimate of drug-likeness (QED) is 0.480. The Morgan fingerprint density at radius 1 is 1.67 bits per heavy atom. The first kappa shape index (κ1) is 16.2. The average molecular weight is 259 g/mol. The SMILES string of the molecule is CCO.[CH-]=O.[W]. The zero-order chi connectivity index (χ0) is 4.71. The Labute approximate surface area is 51.8 Å². The Morgan fingerprint density at radius 2 is 1.67 bits per heavy atom. The third-order valence-electron chi connectivity index (χ3n) is 0. The molecule has 0 aliphatic rings. The molecule has 1 N–H and O–H groups in total. The average Bonchev–Trinajstić information content (AvgIpc) is 1.46. The fourth-order valence-corrected chi connectivity index (χ4v) is 0. The van der Waals surface area contributed by atoms with Crippen LogP contribution in [0, 0.1) is 0 Å². The summed E-state index contributed by atoms with van der Waals surface area (Å²) in [4.78, 5) is 7.75. The number of hydrogen-bond acceptors (Lipinski definition) is 2. The van der Waals surface area contributed by atoms with Crippen LogP contribution in [0.4, 0.5) is 0 Å². The van der Waals surface area contributed by atoms with Crippen molar-refractivity contribution in [2.45, 2.75) is 6.92 Å². The molecule has 0 rings (SSSR count). The van der Waals surface area contributed by atoms with Gasteiger partial charge in [0, 0.05) is 27.7 Å². The van der Waals surface area contributed by atoms with Crippen molar-refractivity contribution in [1.82, 2.24) is 0 Å². The van der Waals surface area contributed by atoms with Crippen molar-refractivity contribution in [2.24, 2.45) is 0 Å². The van der Waals surface area contributed by atoms with Gasteiger partial charge >= 0.3 is 0 Å². The van der Waals surface area contributed by atoms with Gasteiger partial charge in [-0.2, -0.15) is 0 Å². The number of rotatable bonds is 0. The second kappa shape index (κ2) is 57.1. The van der Waals surface area contributed by atoms with E-state index in [1.54, 1.807) is 6.92 Å². The van der Waals surface area contributed by atoms with E-state index in [0.29, 0.717) is 0 Å². The van der Waals surface area contributed by atoms with Crippen molar-refractivity contribution < 1.29 is 31.0 Å². The molecule has 0 aromatic heterocycles. The van der Waals surface area contributed by atoms with Crippen LogP contribution in [0.25, 0.3) is 0 Å². The van der Waals surface area contributed by atoms with E-state index in [9.17, 15) is 0 Å². The van der Waals surface area contributed by atoms with Gasteiger partial charge in [0.25, 0.3) is 0 Å². The maximum Gasteiger partial charge on any atom is 0.0402 e. The summed E-state index contributed by atoms with van der Waals surface area (Å²) in [5.74, 6) is 0. The Hall–Kier alpha value is 0.318. The van der Waals surface area contributed by atoms with Gasteiger partial charge in [-0.25, -0.2) is 0 Å². The molecule has 0 saturated carbocycles. The smallest absolute Gasteiger partial charge is 0.0402 e. The van der Waals surface area contributed by atoms with Crippen LogP contribution in [0.5, 0.6) is 0 Å². The van der Waals surface area contributed by atoms with Gasteiger partial charge in [0.05, 0.1) is 0 Å². The van der Waals surface area contributed by atoms with Gasteiger partial charge in [0.1, 0.15) is 0 Å². The summed E-state index contributed by atoms with van der Waals surface area (Å²) in [7, 11) is 0. The molecular weight excluding hydrogens is 252 g/mol. The number of aliphatic hydroxyl groups excluding tert-OH is 1. The van der Waals surface area contributed by atoms with E-state index in [1.807, 2.05) is 0 Å². The van der Waals surface area contributed by atoms with Crippen LogP contribution in [-0.2, 0) is 25.9 Å². The maximum absolute atomic E-state index is 7.75. The Morgan fingerprint density at radius 3 is 1.67 bits per heavy atom. The van der Waals surface area contributed by atoms with Crippen LogP contribution in [-0.4, -0.2) is 18.5 Å². The summed E-state index contributed by atoms with van der Waals surface area (Å²) >= 11 is 0. The zero-order valence-corrected chi connectivity index (χ0v) is 6.48. The van der Waals surface area contributed by atoms with Gasteiger partial charge in [0.15, 0.2) is 0 Å². The second-order valence-corrected chi connectivity index (χ2v) is 0.316. The van der Waals surface area contributed by atoms with E-state index in [0.717, 1.165) is 0 Å². The maximum atomic E-state index is 7.75. The summed E-state index contributed by atoms with van der Waals surface area (Å²) in [6.07, 6.45) is 0. The first-order valence-corrected chi connectivity index (χ1v) is 1.26. The molecule has 0 unspecified atom stereocenters. The van der Waals surface area contributed by atoms with Crippen LogP contribution < -0.4 is 0 Å². The first-order valence-electron chi connectivity index (χ1n) is 1.26. The molecule has 38 valence electrons. The fourth-order valence-electron chi connectivity index (χ4n) is 0. The minimum atomic E-state index is 0. The topological polar surface area (TPSA) is 37.3 Å². The predicted molar refractivity (Wildman–Crippen MR) is 19.5 cm³/mol. The number of hydrogen-bond donors (Lipinski definition) is 1. The van der Waals surface area contributed by atoms with Gasteiger partial charge in [-0.1, -0.05) is 0 Å². The zero-order valence-electron chi connectivity index (χ0n) is 3.55. The van der Waals surface area contributed by atoms with Crippen LogP contribution in [0.3, 0.4) is 0 Å². The summed E-state index contributed by atoms with van der Waals surface area (Å²) in [5, 5.41) is 7.57. The van der Waals surface area contributed by atoms with E-state index < -0.39 is 0 Å².